The Morgan fingerprint density at radius 2 is 1.76 bits per heavy atom. The molecule has 3 aromatic carbocycles. The van der Waals surface area contributed by atoms with Crippen LogP contribution in [0.25, 0.3) is 0 Å². The number of carbonyl (C=O) groups is 1. The summed E-state index contributed by atoms with van der Waals surface area (Å²) in [6.07, 6.45) is 0. The summed E-state index contributed by atoms with van der Waals surface area (Å²) < 4.78 is 4.97. The number of benzene rings is 3. The summed E-state index contributed by atoms with van der Waals surface area (Å²) in [5, 5.41) is 1.20. The van der Waals surface area contributed by atoms with Crippen molar-refractivity contribution < 1.29 is 9.53 Å². The molecule has 1 heterocycles. The van der Waals surface area contributed by atoms with Crippen molar-refractivity contribution in [2.45, 2.75) is 6.04 Å². The summed E-state index contributed by atoms with van der Waals surface area (Å²) in [6, 6.07) is 22.8. The zero-order valence-electron chi connectivity index (χ0n) is 15.7. The standard InChI is InChI=1S/C23H18Cl2N2O2/c1-29-21(28)14-27-22(15-6-3-2-4-7-15)19-11-10-18(25)13-20(19)26-23(27)16-8-5-9-17(24)12-16/h2-13,22H,14H2,1H3/t22-/m0/s1. The first-order valence-corrected chi connectivity index (χ1v) is 9.85. The molecule has 3 aromatic rings. The summed E-state index contributed by atoms with van der Waals surface area (Å²) in [5.74, 6) is 0.291. The van der Waals surface area contributed by atoms with Gasteiger partial charge < -0.3 is 9.64 Å². The van der Waals surface area contributed by atoms with Gasteiger partial charge in [-0.2, -0.15) is 0 Å². The normalized spacial score (nSPS) is 15.5. The molecule has 0 radical (unpaired) electrons. The van der Waals surface area contributed by atoms with E-state index >= 15 is 0 Å². The second-order valence-electron chi connectivity index (χ2n) is 6.67. The maximum Gasteiger partial charge on any atom is 0.325 e. The Morgan fingerprint density at radius 1 is 1.00 bits per heavy atom. The molecular weight excluding hydrogens is 407 g/mol. The molecule has 4 rings (SSSR count). The molecule has 0 saturated carbocycles. The van der Waals surface area contributed by atoms with Gasteiger partial charge in [0.05, 0.1) is 18.8 Å². The third-order valence-electron chi connectivity index (χ3n) is 4.82. The fraction of sp³-hybridized carbons (Fsp3) is 0.130. The molecule has 146 valence electrons. The number of esters is 1. The Kier molecular flexibility index (Phi) is 5.56. The third-order valence-corrected chi connectivity index (χ3v) is 5.29. The first kappa shape index (κ1) is 19.5. The zero-order chi connectivity index (χ0) is 20.4. The number of ether oxygens (including phenoxy) is 1. The van der Waals surface area contributed by atoms with Gasteiger partial charge >= 0.3 is 5.97 Å². The molecule has 0 fully saturated rings. The summed E-state index contributed by atoms with van der Waals surface area (Å²) in [7, 11) is 1.38. The predicted octanol–water partition coefficient (Wildman–Crippen LogP) is 5.65. The molecule has 29 heavy (non-hydrogen) atoms. The lowest BCUT2D eigenvalue weighted by Crippen LogP contribution is -2.42. The minimum atomic E-state index is -0.349. The fourth-order valence-corrected chi connectivity index (χ4v) is 3.89. The van der Waals surface area contributed by atoms with Gasteiger partial charge in [0.1, 0.15) is 12.4 Å². The quantitative estimate of drug-likeness (QED) is 0.508. The summed E-state index contributed by atoms with van der Waals surface area (Å²) in [5.41, 5.74) is 3.58. The lowest BCUT2D eigenvalue weighted by atomic mass is 9.93. The van der Waals surface area contributed by atoms with Gasteiger partial charge in [0.25, 0.3) is 0 Å². The largest absolute Gasteiger partial charge is 0.468 e. The average Bonchev–Trinajstić information content (AvgIpc) is 2.73. The maximum absolute atomic E-state index is 12.3. The number of halogens is 2. The first-order valence-electron chi connectivity index (χ1n) is 9.09. The molecule has 6 heteroatoms. The summed E-state index contributed by atoms with van der Waals surface area (Å²) in [4.78, 5) is 19.1. The average molecular weight is 425 g/mol. The van der Waals surface area contributed by atoms with E-state index in [1.165, 1.54) is 7.11 Å². The van der Waals surface area contributed by atoms with E-state index in [1.54, 1.807) is 6.07 Å². The molecule has 4 nitrogen and oxygen atoms in total. The van der Waals surface area contributed by atoms with Crippen LogP contribution in [-0.4, -0.2) is 30.4 Å². The van der Waals surface area contributed by atoms with Crippen molar-refractivity contribution in [1.29, 1.82) is 0 Å². The number of fused-ring (bicyclic) bond motifs is 1. The minimum absolute atomic E-state index is 0.0451. The molecule has 0 aromatic heterocycles. The van der Waals surface area contributed by atoms with Gasteiger partial charge in [-0.05, 0) is 29.8 Å². The molecule has 0 N–H and O–H groups in total. The Hall–Kier alpha value is -2.82. The molecule has 1 aliphatic heterocycles. The van der Waals surface area contributed by atoms with Gasteiger partial charge in [-0.25, -0.2) is 4.99 Å². The van der Waals surface area contributed by atoms with Gasteiger partial charge in [-0.1, -0.05) is 71.7 Å². The number of methoxy groups -OCH3 is 1. The van der Waals surface area contributed by atoms with E-state index in [-0.39, 0.29) is 18.6 Å². The SMILES string of the molecule is COC(=O)CN1C(c2cccc(Cl)c2)=Nc2cc(Cl)ccc2[C@@H]1c1ccccc1. The Balaban J connectivity index is 1.95. The van der Waals surface area contributed by atoms with E-state index in [1.807, 2.05) is 71.6 Å². The first-order chi connectivity index (χ1) is 14.1. The summed E-state index contributed by atoms with van der Waals surface area (Å²) >= 11 is 12.5. The van der Waals surface area contributed by atoms with Crippen molar-refractivity contribution in [2.24, 2.45) is 4.99 Å². The molecule has 0 spiro atoms. The van der Waals surface area contributed by atoms with Gasteiger partial charge in [0.2, 0.25) is 0 Å². The zero-order valence-corrected chi connectivity index (χ0v) is 17.2. The van der Waals surface area contributed by atoms with Crippen LogP contribution in [0.4, 0.5) is 5.69 Å². The second kappa shape index (κ2) is 8.27. The molecule has 1 aliphatic rings. The highest BCUT2D eigenvalue weighted by atomic mass is 35.5. The Bertz CT molecular complexity index is 1080. The van der Waals surface area contributed by atoms with Gasteiger partial charge in [-0.3, -0.25) is 4.79 Å². The van der Waals surface area contributed by atoms with Crippen molar-refractivity contribution in [3.63, 3.8) is 0 Å². The van der Waals surface area contributed by atoms with Gasteiger partial charge in [-0.15, -0.1) is 0 Å². The molecular formula is C23H18Cl2N2O2. The molecule has 0 aliphatic carbocycles. The van der Waals surface area contributed by atoms with E-state index in [9.17, 15) is 4.79 Å². The van der Waals surface area contributed by atoms with Crippen LogP contribution >= 0.6 is 23.2 Å². The second-order valence-corrected chi connectivity index (χ2v) is 7.54. The van der Waals surface area contributed by atoms with Crippen LogP contribution in [0, 0.1) is 0 Å². The van der Waals surface area contributed by atoms with Crippen LogP contribution in [0.3, 0.4) is 0 Å². The van der Waals surface area contributed by atoms with Crippen molar-refractivity contribution in [3.05, 3.63) is 99.5 Å². The fourth-order valence-electron chi connectivity index (χ4n) is 3.54. The minimum Gasteiger partial charge on any atom is -0.468 e. The summed E-state index contributed by atoms with van der Waals surface area (Å²) in [6.45, 7) is 0.0451. The highest BCUT2D eigenvalue weighted by molar-refractivity contribution is 6.31. The number of rotatable bonds is 4. The Labute approximate surface area is 179 Å². The molecule has 0 amide bonds. The lowest BCUT2D eigenvalue weighted by molar-refractivity contribution is -0.141. The van der Waals surface area contributed by atoms with Crippen molar-refractivity contribution in [2.75, 3.05) is 13.7 Å². The van der Waals surface area contributed by atoms with Crippen LogP contribution < -0.4 is 0 Å². The van der Waals surface area contributed by atoms with Crippen LogP contribution in [0.2, 0.25) is 10.0 Å². The number of hydrogen-bond donors (Lipinski definition) is 0. The number of amidine groups is 1. The molecule has 1 atom stereocenters. The van der Waals surface area contributed by atoms with Crippen LogP contribution in [0.1, 0.15) is 22.7 Å². The highest BCUT2D eigenvalue weighted by Crippen LogP contribution is 2.41. The van der Waals surface area contributed by atoms with Crippen LogP contribution in [0.5, 0.6) is 0 Å². The number of aliphatic imine (C=N–C) groups is 1. The lowest BCUT2D eigenvalue weighted by Gasteiger charge is -2.38. The van der Waals surface area contributed by atoms with Crippen LogP contribution in [0.15, 0.2) is 77.8 Å². The smallest absolute Gasteiger partial charge is 0.325 e. The molecule has 0 saturated heterocycles. The monoisotopic (exact) mass is 424 g/mol. The Morgan fingerprint density at radius 3 is 2.48 bits per heavy atom. The number of nitrogens with zero attached hydrogens (tertiary/aromatic N) is 2. The van der Waals surface area contributed by atoms with Crippen molar-refractivity contribution in [1.82, 2.24) is 4.90 Å². The maximum atomic E-state index is 12.3. The molecule has 0 unspecified atom stereocenters. The molecule has 0 bridgehead atoms. The van der Waals surface area contributed by atoms with E-state index < -0.39 is 0 Å². The van der Waals surface area contributed by atoms with E-state index in [0.717, 1.165) is 22.4 Å². The van der Waals surface area contributed by atoms with Crippen molar-refractivity contribution in [3.8, 4) is 0 Å². The third kappa shape index (κ3) is 4.00. The predicted molar refractivity (Wildman–Crippen MR) is 116 cm³/mol. The number of carbonyl (C=O) groups excluding carboxylic acids is 1. The van der Waals surface area contributed by atoms with Gasteiger partial charge in [0, 0.05) is 21.2 Å². The number of hydrogen-bond acceptors (Lipinski definition) is 4. The van der Waals surface area contributed by atoms with Crippen molar-refractivity contribution >= 4 is 40.7 Å². The van der Waals surface area contributed by atoms with E-state index in [0.29, 0.717) is 15.9 Å². The van der Waals surface area contributed by atoms with E-state index in [2.05, 4.69) is 0 Å². The van der Waals surface area contributed by atoms with Gasteiger partial charge in [0.15, 0.2) is 0 Å². The van der Waals surface area contributed by atoms with E-state index in [4.69, 9.17) is 32.9 Å². The van der Waals surface area contributed by atoms with Crippen LogP contribution in [-0.2, 0) is 9.53 Å². The topological polar surface area (TPSA) is 41.9 Å². The highest BCUT2D eigenvalue weighted by Gasteiger charge is 2.33.